The van der Waals surface area contributed by atoms with Gasteiger partial charge in [-0.2, -0.15) is 4.31 Å². The molecule has 0 atom stereocenters. The van der Waals surface area contributed by atoms with Crippen LogP contribution in [0.3, 0.4) is 0 Å². The molecule has 0 spiro atoms. The summed E-state index contributed by atoms with van der Waals surface area (Å²) in [5.74, 6) is 0. The van der Waals surface area contributed by atoms with Crippen molar-refractivity contribution in [3.63, 3.8) is 0 Å². The molecule has 88 valence electrons. The van der Waals surface area contributed by atoms with Crippen molar-refractivity contribution in [2.24, 2.45) is 0 Å². The molecule has 0 aromatic rings. The molecular formula is C9H18N2O3S. The van der Waals surface area contributed by atoms with Crippen LogP contribution >= 0.6 is 0 Å². The van der Waals surface area contributed by atoms with Gasteiger partial charge in [0.2, 0.25) is 10.0 Å². The van der Waals surface area contributed by atoms with Gasteiger partial charge in [-0.25, -0.2) is 8.42 Å². The molecule has 2 fully saturated rings. The van der Waals surface area contributed by atoms with Gasteiger partial charge >= 0.3 is 0 Å². The lowest BCUT2D eigenvalue weighted by molar-refractivity contribution is -0.0752. The molecule has 5 nitrogen and oxygen atoms in total. The average molecular weight is 234 g/mol. The molecule has 0 aromatic heterocycles. The lowest BCUT2D eigenvalue weighted by Gasteiger charge is -2.39. The Labute approximate surface area is 90.8 Å². The fourth-order valence-electron chi connectivity index (χ4n) is 1.96. The van der Waals surface area contributed by atoms with Crippen molar-refractivity contribution in [2.45, 2.75) is 25.0 Å². The van der Waals surface area contributed by atoms with Gasteiger partial charge in [-0.1, -0.05) is 0 Å². The van der Waals surface area contributed by atoms with Gasteiger partial charge in [-0.15, -0.1) is 0 Å². The first-order valence-electron chi connectivity index (χ1n) is 5.37. The second kappa shape index (κ2) is 4.37. The Hall–Kier alpha value is -0.170. The maximum absolute atomic E-state index is 11.1. The first-order chi connectivity index (χ1) is 7.05. The maximum atomic E-state index is 11.1. The zero-order valence-corrected chi connectivity index (χ0v) is 9.79. The van der Waals surface area contributed by atoms with Crippen molar-refractivity contribution < 1.29 is 13.2 Å². The lowest BCUT2D eigenvalue weighted by atomic mass is 10.1. The van der Waals surface area contributed by atoms with E-state index in [1.54, 1.807) is 0 Å². The van der Waals surface area contributed by atoms with E-state index >= 15 is 0 Å². The monoisotopic (exact) mass is 234 g/mol. The molecule has 0 saturated carbocycles. The third-order valence-electron chi connectivity index (χ3n) is 2.95. The molecule has 0 radical (unpaired) electrons. The summed E-state index contributed by atoms with van der Waals surface area (Å²) in [7, 11) is -3.00. The van der Waals surface area contributed by atoms with E-state index in [2.05, 4.69) is 5.32 Å². The van der Waals surface area contributed by atoms with Gasteiger partial charge in [0.15, 0.2) is 0 Å². The fraction of sp³-hybridized carbons (Fsp3) is 1.00. The van der Waals surface area contributed by atoms with E-state index in [1.165, 1.54) is 10.6 Å². The van der Waals surface area contributed by atoms with E-state index in [-0.39, 0.29) is 6.10 Å². The molecule has 0 aliphatic carbocycles. The van der Waals surface area contributed by atoms with Crippen LogP contribution in [0.15, 0.2) is 0 Å². The van der Waals surface area contributed by atoms with Gasteiger partial charge < -0.3 is 10.1 Å². The Bertz CT molecular complexity index is 305. The summed E-state index contributed by atoms with van der Waals surface area (Å²) in [5.41, 5.74) is 0. The van der Waals surface area contributed by atoms with E-state index in [9.17, 15) is 8.42 Å². The van der Waals surface area contributed by atoms with E-state index < -0.39 is 10.0 Å². The van der Waals surface area contributed by atoms with Gasteiger partial charge in [0.25, 0.3) is 0 Å². The zero-order valence-electron chi connectivity index (χ0n) is 8.98. The Morgan fingerprint density at radius 3 is 2.33 bits per heavy atom. The summed E-state index contributed by atoms with van der Waals surface area (Å²) in [6.45, 7) is 3.08. The summed E-state index contributed by atoms with van der Waals surface area (Å²) in [5, 5.41) is 3.27. The van der Waals surface area contributed by atoms with Crippen LogP contribution in [0.2, 0.25) is 0 Å². The molecule has 0 amide bonds. The number of nitrogens with zero attached hydrogens (tertiary/aromatic N) is 1. The summed E-state index contributed by atoms with van der Waals surface area (Å²) in [4.78, 5) is 0. The largest absolute Gasteiger partial charge is 0.372 e. The number of piperidine rings is 1. The normalized spacial score (nSPS) is 26.5. The molecule has 2 heterocycles. The summed E-state index contributed by atoms with van der Waals surface area (Å²) in [6, 6.07) is 0. The van der Waals surface area contributed by atoms with Crippen LogP contribution in [0.25, 0.3) is 0 Å². The van der Waals surface area contributed by atoms with Crippen LogP contribution in [0.1, 0.15) is 12.8 Å². The fourth-order valence-corrected chi connectivity index (χ4v) is 2.84. The Kier molecular flexibility index (Phi) is 3.30. The molecule has 0 unspecified atom stereocenters. The second-order valence-corrected chi connectivity index (χ2v) is 6.27. The summed E-state index contributed by atoms with van der Waals surface area (Å²) >= 11 is 0. The highest BCUT2D eigenvalue weighted by Gasteiger charge is 2.35. The number of hydrogen-bond acceptors (Lipinski definition) is 4. The highest BCUT2D eigenvalue weighted by molar-refractivity contribution is 7.88. The van der Waals surface area contributed by atoms with Crippen molar-refractivity contribution in [3.8, 4) is 0 Å². The number of rotatable bonds is 3. The maximum Gasteiger partial charge on any atom is 0.211 e. The molecule has 6 heteroatoms. The molecule has 2 rings (SSSR count). The van der Waals surface area contributed by atoms with E-state index in [1.807, 2.05) is 0 Å². The van der Waals surface area contributed by atoms with Crippen molar-refractivity contribution in [1.29, 1.82) is 0 Å². The minimum atomic E-state index is -3.00. The van der Waals surface area contributed by atoms with E-state index in [0.717, 1.165) is 25.9 Å². The number of nitrogens with one attached hydrogen (secondary N) is 1. The van der Waals surface area contributed by atoms with Crippen LogP contribution in [-0.2, 0) is 14.8 Å². The van der Waals surface area contributed by atoms with Gasteiger partial charge in [-0.3, -0.25) is 0 Å². The smallest absolute Gasteiger partial charge is 0.211 e. The Morgan fingerprint density at radius 1 is 1.20 bits per heavy atom. The molecule has 0 bridgehead atoms. The minimum Gasteiger partial charge on any atom is -0.372 e. The molecule has 2 aliphatic heterocycles. The SMILES string of the molecule is CS(=O)(=O)N1CC(OC2CCNCC2)C1. The molecule has 0 aromatic carbocycles. The van der Waals surface area contributed by atoms with Crippen LogP contribution in [0.5, 0.6) is 0 Å². The highest BCUT2D eigenvalue weighted by atomic mass is 32.2. The van der Waals surface area contributed by atoms with Crippen molar-refractivity contribution in [2.75, 3.05) is 32.4 Å². The van der Waals surface area contributed by atoms with Gasteiger partial charge in [0.1, 0.15) is 0 Å². The van der Waals surface area contributed by atoms with E-state index in [4.69, 9.17) is 4.74 Å². The summed E-state index contributed by atoms with van der Waals surface area (Å²) in [6.07, 6.45) is 3.75. The molecule has 15 heavy (non-hydrogen) atoms. The minimum absolute atomic E-state index is 0.114. The number of sulfonamides is 1. The second-order valence-electron chi connectivity index (χ2n) is 4.29. The topological polar surface area (TPSA) is 58.6 Å². The Morgan fingerprint density at radius 2 is 1.80 bits per heavy atom. The quantitative estimate of drug-likeness (QED) is 0.708. The first kappa shape index (κ1) is 11.3. The van der Waals surface area contributed by atoms with Crippen LogP contribution in [0, 0.1) is 0 Å². The van der Waals surface area contributed by atoms with Gasteiger partial charge in [0, 0.05) is 13.1 Å². The van der Waals surface area contributed by atoms with Crippen molar-refractivity contribution in [1.82, 2.24) is 9.62 Å². The Balaban J connectivity index is 1.71. The third-order valence-corrected chi connectivity index (χ3v) is 4.19. The summed E-state index contributed by atoms with van der Waals surface area (Å²) < 4.78 is 29.5. The predicted octanol–water partition coefficient (Wildman–Crippen LogP) is -0.601. The third kappa shape index (κ3) is 2.90. The lowest BCUT2D eigenvalue weighted by Crippen LogP contribution is -2.55. The van der Waals surface area contributed by atoms with Crippen LogP contribution in [-0.4, -0.2) is 57.4 Å². The molecule has 2 aliphatic rings. The first-order valence-corrected chi connectivity index (χ1v) is 7.22. The van der Waals surface area contributed by atoms with E-state index in [0.29, 0.717) is 19.2 Å². The van der Waals surface area contributed by atoms with Crippen molar-refractivity contribution in [3.05, 3.63) is 0 Å². The van der Waals surface area contributed by atoms with Crippen molar-refractivity contribution >= 4 is 10.0 Å². The molecule has 1 N–H and O–H groups in total. The van der Waals surface area contributed by atoms with Crippen LogP contribution < -0.4 is 5.32 Å². The van der Waals surface area contributed by atoms with Gasteiger partial charge in [-0.05, 0) is 25.9 Å². The average Bonchev–Trinajstić information content (AvgIpc) is 2.10. The van der Waals surface area contributed by atoms with Gasteiger partial charge in [0.05, 0.1) is 18.5 Å². The van der Waals surface area contributed by atoms with Crippen LogP contribution in [0.4, 0.5) is 0 Å². The number of hydrogen-bond donors (Lipinski definition) is 1. The number of ether oxygens (including phenoxy) is 1. The highest BCUT2D eigenvalue weighted by Crippen LogP contribution is 2.19. The molecule has 2 saturated heterocycles. The predicted molar refractivity (Wildman–Crippen MR) is 57.2 cm³/mol. The molecular weight excluding hydrogens is 216 g/mol. The zero-order chi connectivity index (χ0) is 10.9. The standard InChI is InChI=1S/C9H18N2O3S/c1-15(12,13)11-6-9(7-11)14-8-2-4-10-5-3-8/h8-10H,2-7H2,1H3.